The molecule has 8 rings (SSSR count). The molecule has 0 radical (unpaired) electrons. The van der Waals surface area contributed by atoms with Gasteiger partial charge in [-0.3, -0.25) is 4.79 Å². The van der Waals surface area contributed by atoms with E-state index in [1.54, 1.807) is 0 Å². The number of benzene rings is 4. The Morgan fingerprint density at radius 1 is 0.714 bits per heavy atom. The van der Waals surface area contributed by atoms with E-state index in [9.17, 15) is 9.90 Å². The summed E-state index contributed by atoms with van der Waals surface area (Å²) >= 11 is 0. The van der Waals surface area contributed by atoms with Gasteiger partial charge in [0.05, 0.1) is 12.0 Å². The van der Waals surface area contributed by atoms with E-state index in [0.717, 1.165) is 30.0 Å². The van der Waals surface area contributed by atoms with Gasteiger partial charge in [-0.15, -0.1) is 0 Å². The second kappa shape index (κ2) is 8.07. The van der Waals surface area contributed by atoms with Gasteiger partial charge in [-0.25, -0.2) is 0 Å². The van der Waals surface area contributed by atoms with Crippen LogP contribution in [-0.2, 0) is 4.79 Å². The highest BCUT2D eigenvalue weighted by molar-refractivity contribution is 5.91. The van der Waals surface area contributed by atoms with Crippen LogP contribution >= 0.6 is 0 Å². The summed E-state index contributed by atoms with van der Waals surface area (Å²) in [7, 11) is 0. The van der Waals surface area contributed by atoms with Crippen molar-refractivity contribution in [2.45, 2.75) is 37.2 Å². The lowest BCUT2D eigenvalue weighted by Gasteiger charge is -2.52. The zero-order chi connectivity index (χ0) is 23.5. The third kappa shape index (κ3) is 3.11. The van der Waals surface area contributed by atoms with Crippen molar-refractivity contribution in [1.82, 2.24) is 0 Å². The Bertz CT molecular complexity index is 1390. The standard InChI is InChI=1S/C32H28O3/c33-26-17-8-16-25(26)30-28-21-12-3-5-14-23(21)29(24-15-6-4-13-22(24)28)31(30)32(34)35-27-18-7-10-19-9-1-2-11-20(19)27/h1-7,9-15,18,25-26,28-31,33H,8,16-17H2. The second-order valence-electron chi connectivity index (χ2n) is 10.4. The Labute approximate surface area is 205 Å². The Hall–Kier alpha value is -3.43. The molecule has 0 aliphatic heterocycles. The van der Waals surface area contributed by atoms with Crippen LogP contribution in [0.5, 0.6) is 5.75 Å². The number of aliphatic hydroxyl groups excluding tert-OH is 1. The summed E-state index contributed by atoms with van der Waals surface area (Å²) < 4.78 is 6.25. The first-order valence-corrected chi connectivity index (χ1v) is 12.8. The quantitative estimate of drug-likeness (QED) is 0.283. The second-order valence-corrected chi connectivity index (χ2v) is 10.4. The summed E-state index contributed by atoms with van der Waals surface area (Å²) in [4.78, 5) is 14.2. The van der Waals surface area contributed by atoms with Crippen molar-refractivity contribution < 1.29 is 14.6 Å². The summed E-state index contributed by atoms with van der Waals surface area (Å²) in [5.41, 5.74) is 5.10. The van der Waals surface area contributed by atoms with E-state index in [1.807, 2.05) is 42.5 Å². The average molecular weight is 461 g/mol. The number of esters is 1. The largest absolute Gasteiger partial charge is 0.426 e. The summed E-state index contributed by atoms with van der Waals surface area (Å²) in [6.07, 6.45) is 2.41. The Morgan fingerprint density at radius 2 is 1.31 bits per heavy atom. The van der Waals surface area contributed by atoms with Gasteiger partial charge in [-0.05, 0) is 58.4 Å². The fraction of sp³-hybridized carbons (Fsp3) is 0.281. The average Bonchev–Trinajstić information content (AvgIpc) is 3.33. The molecule has 4 aromatic rings. The molecule has 0 amide bonds. The van der Waals surface area contributed by atoms with Crippen LogP contribution in [-0.4, -0.2) is 17.2 Å². The van der Waals surface area contributed by atoms with Crippen LogP contribution in [0.3, 0.4) is 0 Å². The van der Waals surface area contributed by atoms with Crippen molar-refractivity contribution in [3.63, 3.8) is 0 Å². The van der Waals surface area contributed by atoms with Crippen LogP contribution in [0.25, 0.3) is 10.8 Å². The molecule has 0 heterocycles. The molecule has 0 spiro atoms. The van der Waals surface area contributed by atoms with Gasteiger partial charge in [0.1, 0.15) is 5.75 Å². The molecule has 3 heteroatoms. The highest BCUT2D eigenvalue weighted by atomic mass is 16.5. The zero-order valence-corrected chi connectivity index (χ0v) is 19.5. The molecule has 0 aromatic heterocycles. The summed E-state index contributed by atoms with van der Waals surface area (Å²) in [5, 5.41) is 13.0. The summed E-state index contributed by atoms with van der Waals surface area (Å²) in [6.45, 7) is 0. The van der Waals surface area contributed by atoms with Crippen LogP contribution in [0.1, 0.15) is 53.4 Å². The Morgan fingerprint density at radius 3 is 1.97 bits per heavy atom. The van der Waals surface area contributed by atoms with Crippen molar-refractivity contribution >= 4 is 16.7 Å². The molecule has 1 fully saturated rings. The van der Waals surface area contributed by atoms with E-state index in [4.69, 9.17) is 4.74 Å². The number of fused-ring (bicyclic) bond motifs is 2. The first-order chi connectivity index (χ1) is 17.2. The first kappa shape index (κ1) is 20.9. The lowest BCUT2D eigenvalue weighted by atomic mass is 9.51. The molecule has 4 unspecified atom stereocenters. The number of hydrogen-bond donors (Lipinski definition) is 1. The van der Waals surface area contributed by atoms with E-state index in [2.05, 4.69) is 48.5 Å². The predicted molar refractivity (Wildman–Crippen MR) is 136 cm³/mol. The molecule has 4 aliphatic carbocycles. The summed E-state index contributed by atoms with van der Waals surface area (Å²) in [5.74, 6) is 0.245. The Balaban J connectivity index is 1.39. The van der Waals surface area contributed by atoms with Gasteiger partial charge in [0.25, 0.3) is 0 Å². The lowest BCUT2D eigenvalue weighted by Crippen LogP contribution is -2.49. The normalized spacial score (nSPS) is 28.5. The SMILES string of the molecule is O=C(Oc1cccc2ccccc12)C1C2c3ccccc3C(c3ccccc32)C1C1CCCC1O. The molecule has 3 nitrogen and oxygen atoms in total. The van der Waals surface area contributed by atoms with E-state index in [-0.39, 0.29) is 41.7 Å². The van der Waals surface area contributed by atoms with Gasteiger partial charge in [0.2, 0.25) is 0 Å². The van der Waals surface area contributed by atoms with Crippen molar-refractivity contribution in [3.8, 4) is 5.75 Å². The van der Waals surface area contributed by atoms with Crippen LogP contribution in [0, 0.1) is 17.8 Å². The van der Waals surface area contributed by atoms with E-state index in [1.165, 1.54) is 22.3 Å². The number of hydrogen-bond acceptors (Lipinski definition) is 3. The van der Waals surface area contributed by atoms with Crippen LogP contribution in [0.4, 0.5) is 0 Å². The number of carbonyl (C=O) groups excluding carboxylic acids is 1. The predicted octanol–water partition coefficient (Wildman–Crippen LogP) is 6.43. The molecule has 174 valence electrons. The minimum Gasteiger partial charge on any atom is -0.426 e. The van der Waals surface area contributed by atoms with E-state index < -0.39 is 0 Å². The fourth-order valence-corrected chi connectivity index (χ4v) is 7.41. The molecule has 0 saturated heterocycles. The Kier molecular flexibility index (Phi) is 4.82. The molecule has 35 heavy (non-hydrogen) atoms. The van der Waals surface area contributed by atoms with Crippen LogP contribution in [0.2, 0.25) is 0 Å². The van der Waals surface area contributed by atoms with Crippen LogP contribution in [0.15, 0.2) is 91.0 Å². The first-order valence-electron chi connectivity index (χ1n) is 12.8. The minimum atomic E-state index is -0.369. The molecule has 2 bridgehead atoms. The molecule has 4 atom stereocenters. The van der Waals surface area contributed by atoms with Gasteiger partial charge in [-0.2, -0.15) is 0 Å². The van der Waals surface area contributed by atoms with Crippen molar-refractivity contribution in [2.75, 3.05) is 0 Å². The topological polar surface area (TPSA) is 46.5 Å². The third-order valence-electron chi connectivity index (χ3n) is 8.75. The van der Waals surface area contributed by atoms with Crippen LogP contribution < -0.4 is 4.74 Å². The van der Waals surface area contributed by atoms with Gasteiger partial charge >= 0.3 is 5.97 Å². The lowest BCUT2D eigenvalue weighted by molar-refractivity contribution is -0.144. The van der Waals surface area contributed by atoms with Crippen molar-refractivity contribution in [3.05, 3.63) is 113 Å². The van der Waals surface area contributed by atoms with Crippen molar-refractivity contribution in [2.24, 2.45) is 17.8 Å². The monoisotopic (exact) mass is 460 g/mol. The number of ether oxygens (including phenoxy) is 1. The van der Waals surface area contributed by atoms with Gasteiger partial charge < -0.3 is 9.84 Å². The molecule has 4 aromatic carbocycles. The molecular formula is C32H28O3. The maximum Gasteiger partial charge on any atom is 0.315 e. The number of aliphatic hydroxyl groups is 1. The highest BCUT2D eigenvalue weighted by Crippen LogP contribution is 2.62. The number of carbonyl (C=O) groups is 1. The van der Waals surface area contributed by atoms with E-state index in [0.29, 0.717) is 5.75 Å². The molecular weight excluding hydrogens is 432 g/mol. The molecule has 4 aliphatic rings. The van der Waals surface area contributed by atoms with Crippen molar-refractivity contribution in [1.29, 1.82) is 0 Å². The minimum absolute atomic E-state index is 0.0183. The fourth-order valence-electron chi connectivity index (χ4n) is 7.41. The van der Waals surface area contributed by atoms with E-state index >= 15 is 0 Å². The number of rotatable bonds is 3. The van der Waals surface area contributed by atoms with Gasteiger partial charge in [-0.1, -0.05) is 91.3 Å². The maximum atomic E-state index is 14.2. The smallest absolute Gasteiger partial charge is 0.315 e. The molecule has 1 N–H and O–H groups in total. The summed E-state index contributed by atoms with van der Waals surface area (Å²) in [6, 6.07) is 31.1. The zero-order valence-electron chi connectivity index (χ0n) is 19.5. The third-order valence-corrected chi connectivity index (χ3v) is 8.75. The maximum absolute atomic E-state index is 14.2. The van der Waals surface area contributed by atoms with Gasteiger partial charge in [0, 0.05) is 17.2 Å². The molecule has 1 saturated carbocycles. The highest BCUT2D eigenvalue weighted by Gasteiger charge is 2.56. The van der Waals surface area contributed by atoms with Gasteiger partial charge in [0.15, 0.2) is 0 Å².